The third kappa shape index (κ3) is 1.86. The second kappa shape index (κ2) is 4.41. The molecule has 0 aromatic carbocycles. The monoisotopic (exact) mass is 291 g/mol. The highest BCUT2D eigenvalue weighted by Gasteiger charge is 2.67. The Morgan fingerprint density at radius 3 is 2.75 bits per heavy atom. The molecule has 1 aliphatic carbocycles. The van der Waals surface area contributed by atoms with Crippen molar-refractivity contribution in [1.29, 1.82) is 0 Å². The fourth-order valence-corrected chi connectivity index (χ4v) is 3.89. The zero-order chi connectivity index (χ0) is 14.4. The van der Waals surface area contributed by atoms with Crippen molar-refractivity contribution in [2.75, 3.05) is 0 Å². The molecule has 2 heterocycles. The molecule has 1 aliphatic rings. The summed E-state index contributed by atoms with van der Waals surface area (Å²) in [5.41, 5.74) is 0.995. The van der Waals surface area contributed by atoms with Crippen molar-refractivity contribution < 1.29 is 9.42 Å². The Morgan fingerprint density at radius 1 is 1.50 bits per heavy atom. The SMILES string of the molecule is Cc1nonc1CNC(=O)[C@@]1(c2cccs2)CC1(C)C. The molecule has 2 aromatic heterocycles. The Morgan fingerprint density at radius 2 is 2.25 bits per heavy atom. The van der Waals surface area contributed by atoms with Gasteiger partial charge in [-0.05, 0) is 30.2 Å². The number of rotatable bonds is 4. The minimum absolute atomic E-state index is 0.000936. The van der Waals surface area contributed by atoms with E-state index in [1.807, 2.05) is 24.4 Å². The van der Waals surface area contributed by atoms with Gasteiger partial charge < -0.3 is 5.32 Å². The maximum atomic E-state index is 12.7. The number of thiophene rings is 1. The van der Waals surface area contributed by atoms with Crippen LogP contribution in [0.3, 0.4) is 0 Å². The number of aromatic nitrogens is 2. The topological polar surface area (TPSA) is 68.0 Å². The first-order valence-corrected chi connectivity index (χ1v) is 7.46. The van der Waals surface area contributed by atoms with E-state index in [1.165, 1.54) is 0 Å². The average Bonchev–Trinajstić information content (AvgIpc) is 2.86. The van der Waals surface area contributed by atoms with Gasteiger partial charge in [-0.3, -0.25) is 4.79 Å². The first-order chi connectivity index (χ1) is 9.47. The van der Waals surface area contributed by atoms with Crippen LogP contribution in [0.2, 0.25) is 0 Å². The Labute approximate surface area is 121 Å². The van der Waals surface area contributed by atoms with E-state index in [2.05, 4.69) is 34.1 Å². The van der Waals surface area contributed by atoms with Gasteiger partial charge in [0, 0.05) is 4.88 Å². The predicted molar refractivity (Wildman–Crippen MR) is 75.3 cm³/mol. The lowest BCUT2D eigenvalue weighted by atomic mass is 9.93. The molecule has 1 saturated carbocycles. The van der Waals surface area contributed by atoms with E-state index in [-0.39, 0.29) is 11.3 Å². The molecule has 0 unspecified atom stereocenters. The minimum atomic E-state index is -0.397. The summed E-state index contributed by atoms with van der Waals surface area (Å²) in [6, 6.07) is 4.04. The zero-order valence-corrected chi connectivity index (χ0v) is 12.6. The van der Waals surface area contributed by atoms with Gasteiger partial charge in [-0.25, -0.2) is 4.63 Å². The van der Waals surface area contributed by atoms with Crippen LogP contribution in [-0.4, -0.2) is 16.2 Å². The van der Waals surface area contributed by atoms with Gasteiger partial charge in [0.1, 0.15) is 11.4 Å². The Balaban J connectivity index is 1.77. The van der Waals surface area contributed by atoms with Crippen molar-refractivity contribution in [3.63, 3.8) is 0 Å². The maximum Gasteiger partial charge on any atom is 0.232 e. The predicted octanol–water partition coefficient (Wildman–Crippen LogP) is 2.42. The second-order valence-electron chi connectivity index (χ2n) is 5.92. The second-order valence-corrected chi connectivity index (χ2v) is 6.87. The Hall–Kier alpha value is -1.69. The molecule has 0 saturated heterocycles. The third-order valence-corrected chi connectivity index (χ3v) is 5.26. The van der Waals surface area contributed by atoms with Crippen molar-refractivity contribution in [3.05, 3.63) is 33.8 Å². The Kier molecular flexibility index (Phi) is 2.93. The van der Waals surface area contributed by atoms with Crippen LogP contribution < -0.4 is 5.32 Å². The number of carbonyl (C=O) groups is 1. The fraction of sp³-hybridized carbons (Fsp3) is 0.500. The van der Waals surface area contributed by atoms with Gasteiger partial charge in [-0.2, -0.15) is 0 Å². The van der Waals surface area contributed by atoms with E-state index in [4.69, 9.17) is 0 Å². The standard InChI is InChI=1S/C14H17N3O2S/c1-9-10(17-19-16-9)7-15-12(18)14(8-13(14,2)3)11-5-4-6-20-11/h4-6H,7-8H2,1-3H3,(H,15,18)/t14-/m0/s1. The third-order valence-electron chi connectivity index (χ3n) is 4.23. The lowest BCUT2D eigenvalue weighted by Crippen LogP contribution is -2.37. The molecule has 1 N–H and O–H groups in total. The van der Waals surface area contributed by atoms with E-state index in [0.29, 0.717) is 17.9 Å². The van der Waals surface area contributed by atoms with Gasteiger partial charge in [-0.1, -0.05) is 30.2 Å². The number of nitrogens with zero attached hydrogens (tertiary/aromatic N) is 2. The van der Waals surface area contributed by atoms with Crippen LogP contribution in [0.5, 0.6) is 0 Å². The van der Waals surface area contributed by atoms with Crippen molar-refractivity contribution in [3.8, 4) is 0 Å². The molecule has 1 fully saturated rings. The first-order valence-electron chi connectivity index (χ1n) is 6.58. The summed E-state index contributed by atoms with van der Waals surface area (Å²) in [4.78, 5) is 13.8. The molecule has 0 aliphatic heterocycles. The lowest BCUT2D eigenvalue weighted by Gasteiger charge is -2.18. The van der Waals surface area contributed by atoms with E-state index >= 15 is 0 Å². The molecule has 5 nitrogen and oxygen atoms in total. The summed E-state index contributed by atoms with van der Waals surface area (Å²) in [5.74, 6) is 0.0624. The van der Waals surface area contributed by atoms with Crippen LogP contribution in [-0.2, 0) is 16.8 Å². The number of amides is 1. The molecule has 1 atom stereocenters. The van der Waals surface area contributed by atoms with Gasteiger partial charge in [0.25, 0.3) is 0 Å². The van der Waals surface area contributed by atoms with Crippen molar-refractivity contribution >= 4 is 17.2 Å². The van der Waals surface area contributed by atoms with Gasteiger partial charge in [0.15, 0.2) is 0 Å². The van der Waals surface area contributed by atoms with Crippen LogP contribution in [0.25, 0.3) is 0 Å². The van der Waals surface area contributed by atoms with Gasteiger partial charge in [-0.15, -0.1) is 11.3 Å². The minimum Gasteiger partial charge on any atom is -0.349 e. The first kappa shape index (κ1) is 13.3. The van der Waals surface area contributed by atoms with Gasteiger partial charge >= 0.3 is 0 Å². The summed E-state index contributed by atoms with van der Waals surface area (Å²) in [7, 11) is 0. The highest BCUT2D eigenvalue weighted by Crippen LogP contribution is 2.65. The van der Waals surface area contributed by atoms with Gasteiger partial charge in [0.05, 0.1) is 12.0 Å². The summed E-state index contributed by atoms with van der Waals surface area (Å²) in [5, 5.41) is 12.5. The van der Waals surface area contributed by atoms with Crippen LogP contribution in [0.15, 0.2) is 22.1 Å². The molecule has 6 heteroatoms. The normalized spacial score (nSPS) is 23.6. The average molecular weight is 291 g/mol. The van der Waals surface area contributed by atoms with Crippen molar-refractivity contribution in [2.24, 2.45) is 5.41 Å². The molecule has 0 bridgehead atoms. The molecule has 2 aromatic rings. The zero-order valence-electron chi connectivity index (χ0n) is 11.8. The molecular weight excluding hydrogens is 274 g/mol. The van der Waals surface area contributed by atoms with E-state index in [1.54, 1.807) is 11.3 Å². The number of nitrogens with one attached hydrogen (secondary N) is 1. The molecule has 3 rings (SSSR count). The Bertz CT molecular complexity index is 633. The molecule has 106 valence electrons. The van der Waals surface area contributed by atoms with E-state index in [9.17, 15) is 4.79 Å². The molecule has 20 heavy (non-hydrogen) atoms. The number of hydrogen-bond acceptors (Lipinski definition) is 5. The number of carbonyl (C=O) groups excluding carboxylic acids is 1. The van der Waals surface area contributed by atoms with Crippen molar-refractivity contribution in [1.82, 2.24) is 15.6 Å². The van der Waals surface area contributed by atoms with E-state index in [0.717, 1.165) is 11.3 Å². The summed E-state index contributed by atoms with van der Waals surface area (Å²) < 4.78 is 4.64. The van der Waals surface area contributed by atoms with Crippen molar-refractivity contribution in [2.45, 2.75) is 39.2 Å². The van der Waals surface area contributed by atoms with Crippen LogP contribution >= 0.6 is 11.3 Å². The smallest absolute Gasteiger partial charge is 0.232 e. The lowest BCUT2D eigenvalue weighted by molar-refractivity contribution is -0.124. The quantitative estimate of drug-likeness (QED) is 0.939. The highest BCUT2D eigenvalue weighted by molar-refractivity contribution is 7.10. The summed E-state index contributed by atoms with van der Waals surface area (Å²) >= 11 is 1.64. The van der Waals surface area contributed by atoms with E-state index < -0.39 is 5.41 Å². The molecule has 0 spiro atoms. The largest absolute Gasteiger partial charge is 0.349 e. The van der Waals surface area contributed by atoms with Crippen LogP contribution in [0.1, 0.15) is 36.5 Å². The summed E-state index contributed by atoms with van der Waals surface area (Å²) in [6.07, 6.45) is 0.877. The number of hydrogen-bond donors (Lipinski definition) is 1. The molecule has 0 radical (unpaired) electrons. The fourth-order valence-electron chi connectivity index (χ4n) is 2.79. The molecular formula is C14H17N3O2S. The summed E-state index contributed by atoms with van der Waals surface area (Å²) in [6.45, 7) is 6.44. The van der Waals surface area contributed by atoms with Crippen LogP contribution in [0.4, 0.5) is 0 Å². The maximum absolute atomic E-state index is 12.7. The highest BCUT2D eigenvalue weighted by atomic mass is 32.1. The molecule has 1 amide bonds. The van der Waals surface area contributed by atoms with Gasteiger partial charge in [0.2, 0.25) is 5.91 Å². The number of aryl methyl sites for hydroxylation is 1. The van der Waals surface area contributed by atoms with Crippen LogP contribution in [0, 0.1) is 12.3 Å².